The largest absolute Gasteiger partial charge is 0.459 e. The van der Waals surface area contributed by atoms with Crippen molar-refractivity contribution in [1.29, 1.82) is 0 Å². The molecule has 0 aromatic heterocycles. The number of sulfone groups is 1. The van der Waals surface area contributed by atoms with E-state index in [1.165, 1.54) is 0 Å². The molecule has 0 aliphatic carbocycles. The van der Waals surface area contributed by atoms with Gasteiger partial charge in [-0.2, -0.15) is 0 Å². The predicted molar refractivity (Wildman–Crippen MR) is 167 cm³/mol. The second kappa shape index (κ2) is 16.9. The number of carbonyl (C=O) groups excluding carboxylic acids is 3. The first-order valence-electron chi connectivity index (χ1n) is 15.0. The maximum Gasteiger partial charge on any atom is 0.320 e. The summed E-state index contributed by atoms with van der Waals surface area (Å²) in [6.45, 7) is 24.0. The first-order valence-corrected chi connectivity index (χ1v) is 16.7. The highest BCUT2D eigenvalue weighted by Gasteiger charge is 2.25. The van der Waals surface area contributed by atoms with Gasteiger partial charge in [0.05, 0.1) is 25.4 Å². The zero-order chi connectivity index (χ0) is 33.1. The van der Waals surface area contributed by atoms with Crippen molar-refractivity contribution in [1.82, 2.24) is 19.6 Å². The standard InChI is InChI=1S/C30H56N4O8S/c1-11-43(38,39)21-20-31-12-14-32(22-25(35)40-28(2,3)4)16-18-34(24-27(37)42-30(8,9)10)19-17-33(15-13-31)23-26(36)41-29(5,6)7/h11H,1,12-24H2,2-10H3. The minimum atomic E-state index is -3.41. The van der Waals surface area contributed by atoms with Crippen LogP contribution in [0.5, 0.6) is 0 Å². The van der Waals surface area contributed by atoms with Gasteiger partial charge in [-0.25, -0.2) is 8.42 Å². The second-order valence-electron chi connectivity index (χ2n) is 14.0. The van der Waals surface area contributed by atoms with Gasteiger partial charge in [0.2, 0.25) is 0 Å². The summed E-state index contributed by atoms with van der Waals surface area (Å²) in [5.74, 6) is -1.16. The highest BCUT2D eigenvalue weighted by Crippen LogP contribution is 2.11. The van der Waals surface area contributed by atoms with Gasteiger partial charge >= 0.3 is 17.9 Å². The van der Waals surface area contributed by atoms with E-state index in [0.29, 0.717) is 52.4 Å². The average molecular weight is 633 g/mol. The molecule has 1 saturated heterocycles. The van der Waals surface area contributed by atoms with Crippen LogP contribution >= 0.6 is 0 Å². The van der Waals surface area contributed by atoms with Crippen LogP contribution in [0.1, 0.15) is 62.3 Å². The van der Waals surface area contributed by atoms with Crippen LogP contribution in [-0.2, 0) is 38.4 Å². The fraction of sp³-hybridized carbons (Fsp3) is 0.833. The van der Waals surface area contributed by atoms with E-state index in [0.717, 1.165) is 5.41 Å². The summed E-state index contributed by atoms with van der Waals surface area (Å²) >= 11 is 0. The smallest absolute Gasteiger partial charge is 0.320 e. The molecule has 13 heteroatoms. The molecule has 0 unspecified atom stereocenters. The van der Waals surface area contributed by atoms with Crippen LogP contribution in [0.2, 0.25) is 0 Å². The summed E-state index contributed by atoms with van der Waals surface area (Å²) in [7, 11) is -3.41. The van der Waals surface area contributed by atoms with E-state index in [-0.39, 0.29) is 49.8 Å². The zero-order valence-electron chi connectivity index (χ0n) is 27.9. The van der Waals surface area contributed by atoms with Crippen molar-refractivity contribution >= 4 is 27.7 Å². The van der Waals surface area contributed by atoms with E-state index in [2.05, 4.69) is 6.58 Å². The van der Waals surface area contributed by atoms with Crippen molar-refractivity contribution in [3.8, 4) is 0 Å². The molecule has 1 fully saturated rings. The molecule has 0 aromatic rings. The summed E-state index contributed by atoms with van der Waals surface area (Å²) in [6, 6.07) is 0. The normalized spacial score (nSPS) is 18.3. The Morgan fingerprint density at radius 2 is 0.837 bits per heavy atom. The van der Waals surface area contributed by atoms with Crippen LogP contribution in [0, 0.1) is 0 Å². The van der Waals surface area contributed by atoms with Crippen LogP contribution < -0.4 is 0 Å². The summed E-state index contributed by atoms with van der Waals surface area (Å²) in [5, 5.41) is 0.965. The molecule has 12 nitrogen and oxygen atoms in total. The molecule has 0 N–H and O–H groups in total. The van der Waals surface area contributed by atoms with E-state index < -0.39 is 26.6 Å². The number of carbonyl (C=O) groups is 3. The van der Waals surface area contributed by atoms with E-state index >= 15 is 0 Å². The number of hydrogen-bond acceptors (Lipinski definition) is 12. The van der Waals surface area contributed by atoms with E-state index in [9.17, 15) is 22.8 Å². The van der Waals surface area contributed by atoms with Gasteiger partial charge in [0, 0.05) is 64.3 Å². The van der Waals surface area contributed by atoms with Crippen molar-refractivity contribution in [2.24, 2.45) is 0 Å². The van der Waals surface area contributed by atoms with Crippen molar-refractivity contribution in [2.45, 2.75) is 79.1 Å². The molecule has 0 atom stereocenters. The maximum absolute atomic E-state index is 12.8. The Labute approximate surface area is 259 Å². The average Bonchev–Trinajstić information content (AvgIpc) is 2.79. The zero-order valence-corrected chi connectivity index (χ0v) is 28.8. The molecule has 0 aromatic carbocycles. The molecule has 1 aliphatic rings. The Balaban J connectivity index is 3.22. The fourth-order valence-corrected chi connectivity index (χ4v) is 4.96. The van der Waals surface area contributed by atoms with Gasteiger partial charge in [-0.3, -0.25) is 34.0 Å². The van der Waals surface area contributed by atoms with Gasteiger partial charge in [-0.05, 0) is 62.3 Å². The molecule has 250 valence electrons. The van der Waals surface area contributed by atoms with Crippen LogP contribution in [0.15, 0.2) is 12.0 Å². The topological polar surface area (TPSA) is 126 Å². The number of rotatable bonds is 10. The Morgan fingerprint density at radius 3 is 1.07 bits per heavy atom. The number of esters is 3. The van der Waals surface area contributed by atoms with Crippen LogP contribution in [0.25, 0.3) is 0 Å². The lowest BCUT2D eigenvalue weighted by atomic mass is 10.2. The Kier molecular flexibility index (Phi) is 15.3. The first kappa shape index (κ1) is 39.0. The summed E-state index contributed by atoms with van der Waals surface area (Å²) in [6.07, 6.45) is 0. The molecule has 1 aliphatic heterocycles. The quantitative estimate of drug-likeness (QED) is 0.258. The third-order valence-electron chi connectivity index (χ3n) is 6.19. The minimum absolute atomic E-state index is 0.0567. The first-order chi connectivity index (χ1) is 19.6. The highest BCUT2D eigenvalue weighted by atomic mass is 32.2. The highest BCUT2D eigenvalue weighted by molar-refractivity contribution is 7.94. The molecule has 0 spiro atoms. The molecule has 0 amide bonds. The van der Waals surface area contributed by atoms with Gasteiger partial charge in [-0.1, -0.05) is 6.58 Å². The van der Waals surface area contributed by atoms with Gasteiger partial charge in [0.1, 0.15) is 16.8 Å². The van der Waals surface area contributed by atoms with E-state index in [4.69, 9.17) is 14.2 Å². The second-order valence-corrected chi connectivity index (χ2v) is 16.0. The molecular formula is C30H56N4O8S. The number of nitrogens with zero attached hydrogens (tertiary/aromatic N) is 4. The van der Waals surface area contributed by atoms with E-state index in [1.54, 1.807) is 0 Å². The van der Waals surface area contributed by atoms with E-state index in [1.807, 2.05) is 81.9 Å². The lowest BCUT2D eigenvalue weighted by Gasteiger charge is -2.34. The predicted octanol–water partition coefficient (Wildman–Crippen LogP) is 1.79. The van der Waals surface area contributed by atoms with Gasteiger partial charge in [-0.15, -0.1) is 0 Å². The maximum atomic E-state index is 12.8. The molecule has 43 heavy (non-hydrogen) atoms. The minimum Gasteiger partial charge on any atom is -0.459 e. The molecule has 0 radical (unpaired) electrons. The third-order valence-corrected chi connectivity index (χ3v) is 7.45. The Hall–Kier alpha value is -2.06. The fourth-order valence-electron chi connectivity index (χ4n) is 4.29. The van der Waals surface area contributed by atoms with Gasteiger partial charge in [0.15, 0.2) is 9.84 Å². The van der Waals surface area contributed by atoms with Crippen LogP contribution in [0.3, 0.4) is 0 Å². The Morgan fingerprint density at radius 1 is 0.581 bits per heavy atom. The van der Waals surface area contributed by atoms with Crippen molar-refractivity contribution < 1.29 is 37.0 Å². The third kappa shape index (κ3) is 19.8. The SMILES string of the molecule is C=CS(=O)(=O)CCN1CCN(CC(=O)OC(C)(C)C)CCN(CC(=O)OC(C)(C)C)CCN(CC(=O)OC(C)(C)C)CC1. The van der Waals surface area contributed by atoms with Crippen LogP contribution in [0.4, 0.5) is 0 Å². The summed E-state index contributed by atoms with van der Waals surface area (Å²) in [5.41, 5.74) is -1.89. The molecule has 0 saturated carbocycles. The monoisotopic (exact) mass is 632 g/mol. The van der Waals surface area contributed by atoms with Crippen molar-refractivity contribution in [2.75, 3.05) is 84.3 Å². The Bertz CT molecular complexity index is 982. The van der Waals surface area contributed by atoms with Crippen molar-refractivity contribution in [3.05, 3.63) is 12.0 Å². The molecule has 0 bridgehead atoms. The summed E-state index contributed by atoms with van der Waals surface area (Å²) in [4.78, 5) is 46.1. The van der Waals surface area contributed by atoms with Gasteiger partial charge < -0.3 is 14.2 Å². The lowest BCUT2D eigenvalue weighted by Crippen LogP contribution is -2.49. The molecule has 1 heterocycles. The number of ether oxygens (including phenoxy) is 3. The molecular weight excluding hydrogens is 576 g/mol. The lowest BCUT2D eigenvalue weighted by molar-refractivity contribution is -0.158. The molecule has 1 rings (SSSR count). The van der Waals surface area contributed by atoms with Gasteiger partial charge in [0.25, 0.3) is 0 Å². The van der Waals surface area contributed by atoms with Crippen molar-refractivity contribution in [3.63, 3.8) is 0 Å². The van der Waals surface area contributed by atoms with Crippen LogP contribution in [-0.4, -0.2) is 147 Å². The summed E-state index contributed by atoms with van der Waals surface area (Å²) < 4.78 is 41.0. The number of hydrogen-bond donors (Lipinski definition) is 0.